The summed E-state index contributed by atoms with van der Waals surface area (Å²) in [5, 5.41) is 10.7. The summed E-state index contributed by atoms with van der Waals surface area (Å²) < 4.78 is 5.32. The highest BCUT2D eigenvalue weighted by molar-refractivity contribution is 5.42. The van der Waals surface area contributed by atoms with Crippen molar-refractivity contribution in [1.29, 1.82) is 0 Å². The fourth-order valence-corrected chi connectivity index (χ4v) is 2.99. The van der Waals surface area contributed by atoms with Crippen LogP contribution in [0.5, 0.6) is 0 Å². The van der Waals surface area contributed by atoms with Gasteiger partial charge in [0, 0.05) is 31.8 Å². The normalized spacial score (nSPS) is 18.2. The summed E-state index contributed by atoms with van der Waals surface area (Å²) in [6.45, 7) is 2.68. The average molecular weight is 312 g/mol. The zero-order valence-corrected chi connectivity index (χ0v) is 13.2. The minimum Gasteiger partial charge on any atom is -0.497 e. The molecule has 3 rings (SSSR count). The Hall–Kier alpha value is -2.40. The number of nitrogens with zero attached hydrogens (tertiary/aromatic N) is 2. The molecule has 1 heterocycles. The maximum atomic E-state index is 10.7. The highest BCUT2D eigenvalue weighted by Gasteiger charge is 2.17. The van der Waals surface area contributed by atoms with Crippen LogP contribution in [0.3, 0.4) is 0 Å². The van der Waals surface area contributed by atoms with Gasteiger partial charge >= 0.3 is 0 Å². The second kappa shape index (κ2) is 6.79. The molecule has 1 aliphatic heterocycles. The Balaban J connectivity index is 1.66. The first-order valence-electron chi connectivity index (χ1n) is 7.75. The minimum absolute atomic E-state index is 0.140. The number of ether oxygens (including phenoxy) is 1. The van der Waals surface area contributed by atoms with Gasteiger partial charge in [-0.25, -0.2) is 0 Å². The number of hydrogen-bond donors (Lipinski definition) is 0. The van der Waals surface area contributed by atoms with E-state index in [2.05, 4.69) is 23.1 Å². The number of benzene rings is 1. The molecule has 1 aromatic rings. The lowest BCUT2D eigenvalue weighted by Gasteiger charge is -2.19. The lowest BCUT2D eigenvalue weighted by Crippen LogP contribution is -2.23. The van der Waals surface area contributed by atoms with E-state index in [4.69, 9.17) is 4.74 Å². The number of hydrogen-bond acceptors (Lipinski definition) is 4. The number of nitro benzene ring substituents is 1. The highest BCUT2D eigenvalue weighted by Crippen LogP contribution is 2.28. The number of fused-ring (bicyclic) bond motifs is 1. The molecule has 1 aromatic carbocycles. The molecule has 0 amide bonds. The van der Waals surface area contributed by atoms with Crippen LogP contribution in [0.4, 0.5) is 5.69 Å². The van der Waals surface area contributed by atoms with Gasteiger partial charge in [-0.3, -0.25) is 15.0 Å². The molecule has 2 aliphatic rings. The first kappa shape index (κ1) is 15.5. The maximum absolute atomic E-state index is 10.7. The molecule has 0 bridgehead atoms. The quantitative estimate of drug-likeness (QED) is 0.630. The lowest BCUT2D eigenvalue weighted by atomic mass is 9.95. The van der Waals surface area contributed by atoms with E-state index in [-0.39, 0.29) is 10.6 Å². The van der Waals surface area contributed by atoms with Gasteiger partial charge in [0.15, 0.2) is 0 Å². The van der Waals surface area contributed by atoms with E-state index >= 15 is 0 Å². The van der Waals surface area contributed by atoms with Gasteiger partial charge in [-0.05, 0) is 41.7 Å². The van der Waals surface area contributed by atoms with E-state index < -0.39 is 0 Å². The van der Waals surface area contributed by atoms with Gasteiger partial charge in [0.1, 0.15) is 5.76 Å². The third-order valence-corrected chi connectivity index (χ3v) is 4.33. The molecule has 0 fully saturated rings. The molecular formula is C18H20N2O3. The van der Waals surface area contributed by atoms with Crippen LogP contribution in [0.25, 0.3) is 0 Å². The Morgan fingerprint density at radius 3 is 2.70 bits per heavy atom. The molecule has 1 aliphatic carbocycles. The Bertz CT molecular complexity index is 687. The summed E-state index contributed by atoms with van der Waals surface area (Å²) >= 11 is 0. The number of non-ortho nitro benzene ring substituents is 1. The van der Waals surface area contributed by atoms with Gasteiger partial charge in [-0.2, -0.15) is 0 Å². The smallest absolute Gasteiger partial charge is 0.269 e. The van der Waals surface area contributed by atoms with Gasteiger partial charge in [-0.1, -0.05) is 18.2 Å². The van der Waals surface area contributed by atoms with Crippen LogP contribution in [-0.4, -0.2) is 30.0 Å². The zero-order valence-electron chi connectivity index (χ0n) is 13.2. The van der Waals surface area contributed by atoms with Crippen LogP contribution in [0.1, 0.15) is 18.4 Å². The molecule has 23 heavy (non-hydrogen) atoms. The van der Waals surface area contributed by atoms with Crippen molar-refractivity contribution < 1.29 is 9.66 Å². The van der Waals surface area contributed by atoms with Gasteiger partial charge in [-0.15, -0.1) is 0 Å². The molecule has 0 atom stereocenters. The van der Waals surface area contributed by atoms with Crippen LogP contribution >= 0.6 is 0 Å². The SMILES string of the molecule is COC1=CCC2=CCN(Cc3ccc([N+](=O)[O-])cc3)CCC2=C1. The Kier molecular flexibility index (Phi) is 4.57. The van der Waals surface area contributed by atoms with E-state index in [0.29, 0.717) is 0 Å². The van der Waals surface area contributed by atoms with Gasteiger partial charge in [0.25, 0.3) is 5.69 Å². The standard InChI is InChI=1S/C18H20N2O3/c1-23-18-7-4-15-8-10-19(11-9-16(15)12-18)13-14-2-5-17(6-3-14)20(21)22/h2-3,5-8,12H,4,9-11,13H2,1H3. The third kappa shape index (κ3) is 3.68. The van der Waals surface area contributed by atoms with Crippen LogP contribution < -0.4 is 0 Å². The number of allylic oxidation sites excluding steroid dienone is 3. The van der Waals surface area contributed by atoms with E-state index in [1.54, 1.807) is 19.2 Å². The van der Waals surface area contributed by atoms with Crippen LogP contribution in [0.2, 0.25) is 0 Å². The third-order valence-electron chi connectivity index (χ3n) is 4.33. The molecular weight excluding hydrogens is 292 g/mol. The van der Waals surface area contributed by atoms with Crippen molar-refractivity contribution in [2.45, 2.75) is 19.4 Å². The van der Waals surface area contributed by atoms with Crippen molar-refractivity contribution in [3.05, 3.63) is 75.1 Å². The van der Waals surface area contributed by atoms with Gasteiger partial charge in [0.05, 0.1) is 12.0 Å². The van der Waals surface area contributed by atoms with Crippen molar-refractivity contribution >= 4 is 5.69 Å². The summed E-state index contributed by atoms with van der Waals surface area (Å²) in [7, 11) is 1.70. The average Bonchev–Trinajstić information content (AvgIpc) is 2.77. The van der Waals surface area contributed by atoms with Crippen molar-refractivity contribution in [3.8, 4) is 0 Å². The predicted octanol–water partition coefficient (Wildman–Crippen LogP) is 3.59. The first-order valence-corrected chi connectivity index (χ1v) is 7.75. The first-order chi connectivity index (χ1) is 11.2. The molecule has 5 heteroatoms. The van der Waals surface area contributed by atoms with Crippen LogP contribution in [0, 0.1) is 10.1 Å². The van der Waals surface area contributed by atoms with Gasteiger partial charge in [0.2, 0.25) is 0 Å². The molecule has 5 nitrogen and oxygen atoms in total. The maximum Gasteiger partial charge on any atom is 0.269 e. The minimum atomic E-state index is -0.363. The molecule has 0 radical (unpaired) electrons. The van der Waals surface area contributed by atoms with E-state index in [1.165, 1.54) is 11.1 Å². The predicted molar refractivity (Wildman–Crippen MR) is 88.9 cm³/mol. The second-order valence-corrected chi connectivity index (χ2v) is 5.82. The summed E-state index contributed by atoms with van der Waals surface area (Å²) in [6.07, 6.45) is 8.46. The summed E-state index contributed by atoms with van der Waals surface area (Å²) in [6, 6.07) is 6.82. The van der Waals surface area contributed by atoms with Gasteiger partial charge < -0.3 is 4.74 Å². The second-order valence-electron chi connectivity index (χ2n) is 5.82. The number of nitro groups is 1. The number of methoxy groups -OCH3 is 1. The van der Waals surface area contributed by atoms with Crippen molar-refractivity contribution in [2.75, 3.05) is 20.2 Å². The number of rotatable bonds is 4. The summed E-state index contributed by atoms with van der Waals surface area (Å²) in [4.78, 5) is 12.7. The molecule has 0 N–H and O–H groups in total. The molecule has 120 valence electrons. The van der Waals surface area contributed by atoms with Crippen molar-refractivity contribution in [2.24, 2.45) is 0 Å². The monoisotopic (exact) mass is 312 g/mol. The Morgan fingerprint density at radius 1 is 1.22 bits per heavy atom. The summed E-state index contributed by atoms with van der Waals surface area (Å²) in [5.74, 6) is 0.945. The highest BCUT2D eigenvalue weighted by atomic mass is 16.6. The Labute approximate surface area is 135 Å². The largest absolute Gasteiger partial charge is 0.497 e. The van der Waals surface area contributed by atoms with E-state index in [1.807, 2.05) is 12.1 Å². The van der Waals surface area contributed by atoms with Crippen molar-refractivity contribution in [1.82, 2.24) is 4.90 Å². The molecule has 0 unspecified atom stereocenters. The topological polar surface area (TPSA) is 55.6 Å². The fraction of sp³-hybridized carbons (Fsp3) is 0.333. The molecule has 0 saturated heterocycles. The fourth-order valence-electron chi connectivity index (χ4n) is 2.99. The molecule has 0 saturated carbocycles. The zero-order chi connectivity index (χ0) is 16.2. The van der Waals surface area contributed by atoms with E-state index in [0.717, 1.165) is 43.8 Å². The lowest BCUT2D eigenvalue weighted by molar-refractivity contribution is -0.384. The van der Waals surface area contributed by atoms with E-state index in [9.17, 15) is 10.1 Å². The van der Waals surface area contributed by atoms with Crippen LogP contribution in [-0.2, 0) is 11.3 Å². The molecule has 0 spiro atoms. The molecule has 0 aromatic heterocycles. The van der Waals surface area contributed by atoms with Crippen LogP contribution in [0.15, 0.2) is 59.4 Å². The summed E-state index contributed by atoms with van der Waals surface area (Å²) in [5.41, 5.74) is 3.98. The van der Waals surface area contributed by atoms with Crippen molar-refractivity contribution in [3.63, 3.8) is 0 Å². The Morgan fingerprint density at radius 2 is 2.00 bits per heavy atom.